The quantitative estimate of drug-likeness (QED) is 0.663. The maximum absolute atomic E-state index is 5.92. The van der Waals surface area contributed by atoms with Gasteiger partial charge in [-0.25, -0.2) is 0 Å². The van der Waals surface area contributed by atoms with Crippen molar-refractivity contribution in [2.45, 2.75) is 40.2 Å². The third kappa shape index (κ3) is 3.73. The number of nitrogens with two attached hydrogens (primary N) is 1. The van der Waals surface area contributed by atoms with Gasteiger partial charge in [-0.3, -0.25) is 0 Å². The van der Waals surface area contributed by atoms with Crippen LogP contribution in [-0.4, -0.2) is 19.3 Å². The Bertz CT molecular complexity index is 102. The molecule has 0 rings (SSSR count). The highest BCUT2D eigenvalue weighted by molar-refractivity contribution is 4.79. The van der Waals surface area contributed by atoms with Crippen molar-refractivity contribution in [3.63, 3.8) is 0 Å². The van der Waals surface area contributed by atoms with E-state index in [-0.39, 0.29) is 11.5 Å². The van der Waals surface area contributed by atoms with Crippen LogP contribution in [0.25, 0.3) is 0 Å². The van der Waals surface area contributed by atoms with Gasteiger partial charge in [-0.15, -0.1) is 0 Å². The first-order valence-corrected chi connectivity index (χ1v) is 4.38. The minimum Gasteiger partial charge on any atom is -0.380 e. The molecule has 0 aliphatic carbocycles. The summed E-state index contributed by atoms with van der Waals surface area (Å²) in [5.41, 5.74) is 6.13. The summed E-state index contributed by atoms with van der Waals surface area (Å²) in [6.45, 7) is 9.94. The lowest BCUT2D eigenvalue weighted by atomic mass is 9.83. The Morgan fingerprint density at radius 3 is 2.27 bits per heavy atom. The van der Waals surface area contributed by atoms with Gasteiger partial charge in [0.25, 0.3) is 0 Å². The fraction of sp³-hybridized carbons (Fsp3) is 1.00. The van der Waals surface area contributed by atoms with Gasteiger partial charge < -0.3 is 10.5 Å². The lowest BCUT2D eigenvalue weighted by Crippen LogP contribution is -2.40. The lowest BCUT2D eigenvalue weighted by molar-refractivity contribution is 0.0921. The van der Waals surface area contributed by atoms with E-state index >= 15 is 0 Å². The zero-order chi connectivity index (χ0) is 8.91. The predicted molar refractivity (Wildman–Crippen MR) is 48.5 cm³/mol. The largest absolute Gasteiger partial charge is 0.380 e. The zero-order valence-corrected chi connectivity index (χ0v) is 8.18. The molecular weight excluding hydrogens is 138 g/mol. The van der Waals surface area contributed by atoms with Gasteiger partial charge in [-0.05, 0) is 18.8 Å². The Morgan fingerprint density at radius 1 is 1.36 bits per heavy atom. The zero-order valence-electron chi connectivity index (χ0n) is 8.18. The molecule has 1 atom stereocenters. The number of hydrogen-bond donors (Lipinski definition) is 1. The first-order valence-electron chi connectivity index (χ1n) is 4.38. The van der Waals surface area contributed by atoms with Crippen molar-refractivity contribution < 1.29 is 4.74 Å². The highest BCUT2D eigenvalue weighted by atomic mass is 16.5. The van der Waals surface area contributed by atoms with Gasteiger partial charge >= 0.3 is 0 Å². The summed E-state index contributed by atoms with van der Waals surface area (Å²) in [5.74, 6) is 0. The predicted octanol–water partition coefficient (Wildman–Crippen LogP) is 1.79. The molecule has 68 valence electrons. The molecule has 2 heteroatoms. The number of hydrogen-bond acceptors (Lipinski definition) is 2. The summed E-state index contributed by atoms with van der Waals surface area (Å²) < 4.78 is 5.26. The molecule has 2 nitrogen and oxygen atoms in total. The van der Waals surface area contributed by atoms with Gasteiger partial charge in [0.1, 0.15) is 0 Å². The fourth-order valence-corrected chi connectivity index (χ4v) is 0.733. The second-order valence-electron chi connectivity index (χ2n) is 3.61. The van der Waals surface area contributed by atoms with Crippen LogP contribution in [0.5, 0.6) is 0 Å². The van der Waals surface area contributed by atoms with Crippen LogP contribution in [0.1, 0.15) is 34.1 Å². The van der Waals surface area contributed by atoms with Gasteiger partial charge in [0.15, 0.2) is 0 Å². The van der Waals surface area contributed by atoms with E-state index in [1.165, 1.54) is 0 Å². The molecule has 0 amide bonds. The van der Waals surface area contributed by atoms with E-state index in [0.29, 0.717) is 6.61 Å². The van der Waals surface area contributed by atoms with Crippen LogP contribution in [0.2, 0.25) is 0 Å². The molecule has 0 bridgehead atoms. The van der Waals surface area contributed by atoms with Gasteiger partial charge in [0.2, 0.25) is 0 Å². The third-order valence-corrected chi connectivity index (χ3v) is 2.42. The topological polar surface area (TPSA) is 35.2 Å². The average Bonchev–Trinajstić information content (AvgIpc) is 2.00. The second kappa shape index (κ2) is 4.73. The molecule has 0 saturated carbocycles. The van der Waals surface area contributed by atoms with Crippen LogP contribution in [-0.2, 0) is 4.74 Å². The fourth-order valence-electron chi connectivity index (χ4n) is 0.733. The molecule has 1 unspecified atom stereocenters. The highest BCUT2D eigenvalue weighted by Gasteiger charge is 2.23. The van der Waals surface area contributed by atoms with Crippen molar-refractivity contribution in [3.8, 4) is 0 Å². The van der Waals surface area contributed by atoms with Crippen molar-refractivity contribution in [2.24, 2.45) is 11.1 Å². The first-order chi connectivity index (χ1) is 5.04. The van der Waals surface area contributed by atoms with Crippen LogP contribution >= 0.6 is 0 Å². The minimum atomic E-state index is 0.160. The summed E-state index contributed by atoms with van der Waals surface area (Å²) in [5, 5.41) is 0. The molecule has 0 aromatic carbocycles. The molecule has 0 aromatic rings. The summed E-state index contributed by atoms with van der Waals surface area (Å²) in [6, 6.07) is 0.160. The molecule has 0 saturated heterocycles. The van der Waals surface area contributed by atoms with Crippen molar-refractivity contribution >= 4 is 0 Å². The normalized spacial score (nSPS) is 15.0. The number of rotatable bonds is 5. The Balaban J connectivity index is 3.71. The van der Waals surface area contributed by atoms with E-state index < -0.39 is 0 Å². The van der Waals surface area contributed by atoms with Crippen LogP contribution in [0.3, 0.4) is 0 Å². The molecule has 0 aromatic heterocycles. The van der Waals surface area contributed by atoms with Gasteiger partial charge in [0, 0.05) is 12.6 Å². The molecule has 11 heavy (non-hydrogen) atoms. The molecule has 0 spiro atoms. The Labute approximate surface area is 70.1 Å². The van der Waals surface area contributed by atoms with E-state index in [9.17, 15) is 0 Å². The maximum Gasteiger partial charge on any atom is 0.0622 e. The van der Waals surface area contributed by atoms with E-state index in [1.807, 2.05) is 6.92 Å². The third-order valence-electron chi connectivity index (χ3n) is 2.42. The first kappa shape index (κ1) is 10.9. The van der Waals surface area contributed by atoms with Gasteiger partial charge in [-0.2, -0.15) is 0 Å². The summed E-state index contributed by atoms with van der Waals surface area (Å²) in [6.07, 6.45) is 1.10. The van der Waals surface area contributed by atoms with Gasteiger partial charge in [0.05, 0.1) is 6.61 Å². The SMILES string of the molecule is CCOCC(N)C(C)(C)CC. The maximum atomic E-state index is 5.92. The van der Waals surface area contributed by atoms with Crippen LogP contribution in [0.4, 0.5) is 0 Å². The molecule has 0 heterocycles. The molecule has 0 aliphatic heterocycles. The van der Waals surface area contributed by atoms with Crippen molar-refractivity contribution in [3.05, 3.63) is 0 Å². The van der Waals surface area contributed by atoms with E-state index in [1.54, 1.807) is 0 Å². The lowest BCUT2D eigenvalue weighted by Gasteiger charge is -2.29. The van der Waals surface area contributed by atoms with E-state index in [0.717, 1.165) is 13.0 Å². The molecule has 0 aliphatic rings. The monoisotopic (exact) mass is 159 g/mol. The Kier molecular flexibility index (Phi) is 4.69. The summed E-state index contributed by atoms with van der Waals surface area (Å²) >= 11 is 0. The van der Waals surface area contributed by atoms with Crippen LogP contribution < -0.4 is 5.73 Å². The summed E-state index contributed by atoms with van der Waals surface area (Å²) in [4.78, 5) is 0. The number of ether oxygens (including phenoxy) is 1. The Hall–Kier alpha value is -0.0800. The van der Waals surface area contributed by atoms with Crippen molar-refractivity contribution in [1.82, 2.24) is 0 Å². The van der Waals surface area contributed by atoms with Gasteiger partial charge in [-0.1, -0.05) is 20.8 Å². The standard InChI is InChI=1S/C9H21NO/c1-5-9(3,4)8(10)7-11-6-2/h8H,5-7,10H2,1-4H3. The van der Waals surface area contributed by atoms with E-state index in [4.69, 9.17) is 10.5 Å². The van der Waals surface area contributed by atoms with Crippen LogP contribution in [0, 0.1) is 5.41 Å². The van der Waals surface area contributed by atoms with E-state index in [2.05, 4.69) is 20.8 Å². The second-order valence-corrected chi connectivity index (χ2v) is 3.61. The average molecular weight is 159 g/mol. The minimum absolute atomic E-state index is 0.160. The summed E-state index contributed by atoms with van der Waals surface area (Å²) in [7, 11) is 0. The molecule has 0 radical (unpaired) electrons. The highest BCUT2D eigenvalue weighted by Crippen LogP contribution is 2.23. The molecule has 2 N–H and O–H groups in total. The van der Waals surface area contributed by atoms with Crippen molar-refractivity contribution in [1.29, 1.82) is 0 Å². The van der Waals surface area contributed by atoms with Crippen LogP contribution in [0.15, 0.2) is 0 Å². The van der Waals surface area contributed by atoms with Crippen molar-refractivity contribution in [2.75, 3.05) is 13.2 Å². The molecule has 0 fully saturated rings. The smallest absolute Gasteiger partial charge is 0.0622 e. The Morgan fingerprint density at radius 2 is 1.91 bits per heavy atom. The molecular formula is C9H21NO.